The molecule has 2 aliphatic rings. The number of rotatable bonds is 1. The molecule has 1 heterocycles. The molecule has 0 aromatic heterocycles. The first-order valence-corrected chi connectivity index (χ1v) is 9.02. The molecule has 4 nitrogen and oxygen atoms in total. The van der Waals surface area contributed by atoms with E-state index in [0.717, 1.165) is 5.57 Å². The maximum Gasteiger partial charge on any atom is 0.361 e. The number of benzene rings is 1. The molecule has 1 aromatic carbocycles. The van der Waals surface area contributed by atoms with Crippen LogP contribution in [0.1, 0.15) is 47.1 Å². The molecule has 0 bridgehead atoms. The molecule has 0 radical (unpaired) electrons. The molecule has 0 saturated heterocycles. The zero-order chi connectivity index (χ0) is 19.3. The Kier molecular flexibility index (Phi) is 4.31. The summed E-state index contributed by atoms with van der Waals surface area (Å²) in [6.07, 6.45) is 3.71. The third-order valence-corrected chi connectivity index (χ3v) is 4.74. The predicted octanol–water partition coefficient (Wildman–Crippen LogP) is 5.27. The zero-order valence-corrected chi connectivity index (χ0v) is 16.8. The minimum absolute atomic E-state index is 0.167. The van der Waals surface area contributed by atoms with Crippen LogP contribution in [0.15, 0.2) is 52.7 Å². The summed E-state index contributed by atoms with van der Waals surface area (Å²) in [7, 11) is 0. The molecule has 0 saturated carbocycles. The van der Waals surface area contributed by atoms with Crippen LogP contribution in [0, 0.1) is 10.8 Å². The van der Waals surface area contributed by atoms with Gasteiger partial charge in [0.1, 0.15) is 0 Å². The number of ketones is 1. The lowest BCUT2D eigenvalue weighted by molar-refractivity contribution is -0.162. The second kappa shape index (κ2) is 5.98. The molecule has 3 rings (SSSR count). The summed E-state index contributed by atoms with van der Waals surface area (Å²) >= 11 is 5.94. The van der Waals surface area contributed by atoms with Crippen molar-refractivity contribution in [3.05, 3.63) is 58.1 Å². The summed E-state index contributed by atoms with van der Waals surface area (Å²) < 4.78 is 6.00. The summed E-state index contributed by atoms with van der Waals surface area (Å²) in [6.45, 7) is 12.3. The van der Waals surface area contributed by atoms with Crippen molar-refractivity contribution in [3.63, 3.8) is 0 Å². The molecule has 1 aliphatic carbocycles. The number of allylic oxidation sites excluding steroid dienone is 2. The van der Waals surface area contributed by atoms with Crippen molar-refractivity contribution in [1.29, 1.82) is 0 Å². The van der Waals surface area contributed by atoms with Gasteiger partial charge in [-0.2, -0.15) is 0 Å². The Balaban J connectivity index is 2.02. The van der Waals surface area contributed by atoms with Gasteiger partial charge in [-0.1, -0.05) is 59.2 Å². The number of hydrogen-bond acceptors (Lipinski definition) is 4. The van der Waals surface area contributed by atoms with Gasteiger partial charge in [0.05, 0.1) is 0 Å². The van der Waals surface area contributed by atoms with Crippen LogP contribution in [-0.4, -0.2) is 17.5 Å². The van der Waals surface area contributed by atoms with Gasteiger partial charge in [0.2, 0.25) is 5.78 Å². The standard InChI is InChI=1S/C21H24ClNO3/c1-19(2,3)14-11-16(20(4,5)6)17(24)21(12-14)25-18(23-26-21)13-7-9-15(22)10-8-13/h7-12H,1-6H3. The number of Topliss-reactive ketones (excluding diaryl/α,β-unsaturated/α-hetero) is 1. The summed E-state index contributed by atoms with van der Waals surface area (Å²) in [5.74, 6) is -1.49. The van der Waals surface area contributed by atoms with Gasteiger partial charge in [0.15, 0.2) is 0 Å². The molecular weight excluding hydrogens is 350 g/mol. The average molecular weight is 374 g/mol. The number of ether oxygens (including phenoxy) is 1. The fourth-order valence-corrected chi connectivity index (χ4v) is 2.97. The normalized spacial score (nSPS) is 23.2. The van der Waals surface area contributed by atoms with E-state index < -0.39 is 5.79 Å². The second-order valence-electron chi connectivity index (χ2n) is 8.75. The van der Waals surface area contributed by atoms with E-state index in [1.165, 1.54) is 0 Å². The van der Waals surface area contributed by atoms with Crippen molar-refractivity contribution in [2.24, 2.45) is 16.0 Å². The number of oxime groups is 1. The van der Waals surface area contributed by atoms with E-state index >= 15 is 0 Å². The maximum atomic E-state index is 13.2. The average Bonchev–Trinajstić information content (AvgIpc) is 2.93. The molecule has 1 atom stereocenters. The van der Waals surface area contributed by atoms with Crippen molar-refractivity contribution in [1.82, 2.24) is 0 Å². The summed E-state index contributed by atoms with van der Waals surface area (Å²) in [6, 6.07) is 7.05. The predicted molar refractivity (Wildman–Crippen MR) is 103 cm³/mol. The molecule has 1 aliphatic heterocycles. The van der Waals surface area contributed by atoms with E-state index in [4.69, 9.17) is 21.2 Å². The number of carbonyl (C=O) groups is 1. The molecule has 5 heteroatoms. The number of carbonyl (C=O) groups excluding carboxylic acids is 1. The topological polar surface area (TPSA) is 47.9 Å². The number of hydrogen-bond donors (Lipinski definition) is 0. The van der Waals surface area contributed by atoms with Crippen molar-refractivity contribution >= 4 is 23.3 Å². The van der Waals surface area contributed by atoms with Crippen LogP contribution in [0.5, 0.6) is 0 Å². The lowest BCUT2D eigenvalue weighted by Crippen LogP contribution is -2.45. The highest BCUT2D eigenvalue weighted by molar-refractivity contribution is 6.30. The molecule has 0 N–H and O–H groups in total. The van der Waals surface area contributed by atoms with Crippen LogP contribution in [-0.2, 0) is 14.4 Å². The first kappa shape index (κ1) is 18.7. The monoisotopic (exact) mass is 373 g/mol. The fraction of sp³-hybridized carbons (Fsp3) is 0.429. The van der Waals surface area contributed by atoms with Gasteiger partial charge in [-0.05, 0) is 45.8 Å². The SMILES string of the molecule is CC(C)(C)C1=CC2(ON=C(c3ccc(Cl)cc3)O2)C(=O)C(C(C)(C)C)=C1. The quantitative estimate of drug-likeness (QED) is 0.673. The summed E-state index contributed by atoms with van der Waals surface area (Å²) in [5.41, 5.74) is 1.84. The first-order valence-electron chi connectivity index (χ1n) is 8.64. The van der Waals surface area contributed by atoms with Gasteiger partial charge in [-0.15, -0.1) is 0 Å². The van der Waals surface area contributed by atoms with E-state index in [9.17, 15) is 4.79 Å². The van der Waals surface area contributed by atoms with Gasteiger partial charge in [0, 0.05) is 22.2 Å². The molecule has 1 spiro atoms. The van der Waals surface area contributed by atoms with Crippen LogP contribution in [0.4, 0.5) is 0 Å². The van der Waals surface area contributed by atoms with E-state index in [2.05, 4.69) is 25.9 Å². The van der Waals surface area contributed by atoms with Gasteiger partial charge >= 0.3 is 5.79 Å². The number of nitrogens with zero attached hydrogens (tertiary/aromatic N) is 1. The summed E-state index contributed by atoms with van der Waals surface area (Å²) in [5, 5.41) is 4.67. The Morgan fingerprint density at radius 1 is 1.00 bits per heavy atom. The minimum Gasteiger partial charge on any atom is -0.420 e. The van der Waals surface area contributed by atoms with Gasteiger partial charge in [-0.3, -0.25) is 4.79 Å². The van der Waals surface area contributed by atoms with E-state index in [0.29, 0.717) is 16.2 Å². The smallest absolute Gasteiger partial charge is 0.361 e. The Bertz CT molecular complexity index is 835. The van der Waals surface area contributed by atoms with E-state index in [1.807, 2.05) is 26.8 Å². The van der Waals surface area contributed by atoms with E-state index in [1.54, 1.807) is 30.3 Å². The highest BCUT2D eigenvalue weighted by Gasteiger charge is 2.53. The molecule has 1 aromatic rings. The van der Waals surface area contributed by atoms with Crippen molar-refractivity contribution < 1.29 is 14.4 Å². The molecular formula is C21H24ClNO3. The van der Waals surface area contributed by atoms with Crippen molar-refractivity contribution in [2.45, 2.75) is 47.3 Å². The second-order valence-corrected chi connectivity index (χ2v) is 9.19. The van der Waals surface area contributed by atoms with Crippen molar-refractivity contribution in [3.8, 4) is 0 Å². The highest BCUT2D eigenvalue weighted by Crippen LogP contribution is 2.43. The molecule has 138 valence electrons. The maximum absolute atomic E-state index is 13.2. The lowest BCUT2D eigenvalue weighted by Gasteiger charge is -2.35. The Morgan fingerprint density at radius 2 is 1.62 bits per heavy atom. The molecule has 1 unspecified atom stereocenters. The van der Waals surface area contributed by atoms with Crippen LogP contribution in [0.2, 0.25) is 5.02 Å². The van der Waals surface area contributed by atoms with Crippen LogP contribution in [0.3, 0.4) is 0 Å². The first-order chi connectivity index (χ1) is 11.9. The van der Waals surface area contributed by atoms with Crippen molar-refractivity contribution in [2.75, 3.05) is 0 Å². The van der Waals surface area contributed by atoms with Gasteiger partial charge in [-0.25, -0.2) is 0 Å². The molecule has 0 amide bonds. The number of halogens is 1. The fourth-order valence-electron chi connectivity index (χ4n) is 2.85. The third kappa shape index (κ3) is 3.30. The molecule has 0 fully saturated rings. The Morgan fingerprint density at radius 3 is 2.15 bits per heavy atom. The largest absolute Gasteiger partial charge is 0.420 e. The minimum atomic E-state index is -1.55. The van der Waals surface area contributed by atoms with Gasteiger partial charge < -0.3 is 9.57 Å². The van der Waals surface area contributed by atoms with Crippen LogP contribution in [0.25, 0.3) is 0 Å². The van der Waals surface area contributed by atoms with Crippen LogP contribution >= 0.6 is 11.6 Å². The highest BCUT2D eigenvalue weighted by atomic mass is 35.5. The van der Waals surface area contributed by atoms with E-state index in [-0.39, 0.29) is 22.5 Å². The zero-order valence-electron chi connectivity index (χ0n) is 16.0. The van der Waals surface area contributed by atoms with Gasteiger partial charge in [0.25, 0.3) is 5.90 Å². The Hall–Kier alpha value is -2.07. The summed E-state index contributed by atoms with van der Waals surface area (Å²) in [4.78, 5) is 18.9. The Labute approximate surface area is 159 Å². The lowest BCUT2D eigenvalue weighted by atomic mass is 9.73. The molecule has 26 heavy (non-hydrogen) atoms. The third-order valence-electron chi connectivity index (χ3n) is 4.48. The van der Waals surface area contributed by atoms with Crippen LogP contribution < -0.4 is 0 Å².